The first kappa shape index (κ1) is 21.0. The molecule has 1 aliphatic rings. The Morgan fingerprint density at radius 3 is 2.42 bits per heavy atom. The number of fused-ring (bicyclic) bond motifs is 1. The molecule has 1 saturated heterocycles. The van der Waals surface area contributed by atoms with E-state index in [1.807, 2.05) is 37.3 Å². The van der Waals surface area contributed by atoms with Gasteiger partial charge in [-0.1, -0.05) is 12.1 Å². The van der Waals surface area contributed by atoms with Crippen LogP contribution in [0.4, 0.5) is 5.82 Å². The van der Waals surface area contributed by atoms with E-state index in [4.69, 9.17) is 0 Å². The number of anilines is 1. The number of rotatable bonds is 4. The summed E-state index contributed by atoms with van der Waals surface area (Å²) in [5.74, 6) is 2.11. The van der Waals surface area contributed by atoms with E-state index in [1.165, 1.54) is 0 Å². The van der Waals surface area contributed by atoms with Gasteiger partial charge in [-0.3, -0.25) is 14.5 Å². The number of nitrogens with one attached hydrogen (secondary N) is 2. The lowest BCUT2D eigenvalue weighted by Crippen LogP contribution is -2.46. The summed E-state index contributed by atoms with van der Waals surface area (Å²) in [6.45, 7) is 7.52. The first-order valence-electron chi connectivity index (χ1n) is 11.0. The highest BCUT2D eigenvalue weighted by atomic mass is 16.1. The van der Waals surface area contributed by atoms with Gasteiger partial charge in [0.15, 0.2) is 0 Å². The minimum absolute atomic E-state index is 0.0990. The van der Waals surface area contributed by atoms with Crippen molar-refractivity contribution in [2.24, 2.45) is 0 Å². The van der Waals surface area contributed by atoms with Crippen LogP contribution in [0.3, 0.4) is 0 Å². The molecule has 9 nitrogen and oxygen atoms in total. The number of nitrogens with zero attached hydrogens (tertiary/aromatic N) is 5. The van der Waals surface area contributed by atoms with Crippen LogP contribution in [-0.2, 0) is 6.54 Å². The van der Waals surface area contributed by atoms with Crippen LogP contribution in [0.1, 0.15) is 17.1 Å². The van der Waals surface area contributed by atoms with Gasteiger partial charge in [0.25, 0.3) is 11.1 Å². The minimum Gasteiger partial charge on any atom is -0.354 e. The third-order valence-electron chi connectivity index (χ3n) is 6.15. The maximum absolute atomic E-state index is 12.3. The van der Waals surface area contributed by atoms with Crippen LogP contribution in [-0.4, -0.2) is 56.0 Å². The molecule has 0 unspecified atom stereocenters. The van der Waals surface area contributed by atoms with Crippen LogP contribution in [0, 0.1) is 13.8 Å². The molecule has 3 aromatic heterocycles. The molecule has 0 amide bonds. The minimum atomic E-state index is -0.125. The van der Waals surface area contributed by atoms with Crippen molar-refractivity contribution in [3.63, 3.8) is 0 Å². The van der Waals surface area contributed by atoms with E-state index in [-0.39, 0.29) is 11.1 Å². The van der Waals surface area contributed by atoms with Crippen molar-refractivity contribution in [2.75, 3.05) is 31.1 Å². The predicted octanol–water partition coefficient (Wildman–Crippen LogP) is 2.01. The summed E-state index contributed by atoms with van der Waals surface area (Å²) in [6, 6.07) is 11.3. The Morgan fingerprint density at radius 2 is 1.70 bits per heavy atom. The Labute approximate surface area is 190 Å². The third kappa shape index (κ3) is 4.27. The monoisotopic (exact) mass is 443 g/mol. The van der Waals surface area contributed by atoms with Crippen LogP contribution in [0.2, 0.25) is 0 Å². The largest absolute Gasteiger partial charge is 0.354 e. The normalized spacial score (nSPS) is 14.7. The smallest absolute Gasteiger partial charge is 0.258 e. The van der Waals surface area contributed by atoms with Crippen molar-refractivity contribution in [2.45, 2.75) is 20.4 Å². The first-order valence-corrected chi connectivity index (χ1v) is 11.0. The van der Waals surface area contributed by atoms with Crippen molar-refractivity contribution < 1.29 is 0 Å². The molecule has 5 rings (SSSR count). The zero-order valence-corrected chi connectivity index (χ0v) is 18.6. The van der Waals surface area contributed by atoms with E-state index in [9.17, 15) is 9.59 Å². The lowest BCUT2D eigenvalue weighted by molar-refractivity contribution is 0.243. The summed E-state index contributed by atoms with van der Waals surface area (Å²) in [5.41, 5.74) is 2.63. The van der Waals surface area contributed by atoms with E-state index in [1.54, 1.807) is 19.2 Å². The van der Waals surface area contributed by atoms with E-state index >= 15 is 0 Å². The van der Waals surface area contributed by atoms with Crippen molar-refractivity contribution in [1.82, 2.24) is 29.8 Å². The number of piperazine rings is 1. The molecular formula is C24H25N7O2. The third-order valence-corrected chi connectivity index (χ3v) is 6.15. The molecule has 0 aliphatic carbocycles. The summed E-state index contributed by atoms with van der Waals surface area (Å²) in [5, 5.41) is 0.612. The standard InChI is InChI=1S/C24H25N7O2/c1-15-16(2)26-22(29-23(15)32)17-7-8-21(25-13-17)31-11-9-30(10-12-31)14-20-27-19-6-4-3-5-18(19)24(33)28-20/h3-8,13H,9-12,14H2,1-2H3,(H,26,29,32)(H,27,28,33). The summed E-state index contributed by atoms with van der Waals surface area (Å²) in [7, 11) is 0. The average molecular weight is 444 g/mol. The molecule has 4 aromatic rings. The van der Waals surface area contributed by atoms with Crippen LogP contribution >= 0.6 is 0 Å². The Balaban J connectivity index is 1.24. The Hall–Kier alpha value is -3.85. The highest BCUT2D eigenvalue weighted by Gasteiger charge is 2.19. The summed E-state index contributed by atoms with van der Waals surface area (Å²) in [6.07, 6.45) is 1.75. The van der Waals surface area contributed by atoms with Crippen molar-refractivity contribution in [3.05, 3.63) is 80.4 Å². The molecule has 9 heteroatoms. The number of hydrogen-bond donors (Lipinski definition) is 2. The number of aromatic amines is 2. The van der Waals surface area contributed by atoms with Gasteiger partial charge in [0.1, 0.15) is 17.5 Å². The molecule has 0 bridgehead atoms. The molecule has 2 N–H and O–H groups in total. The number of pyridine rings is 1. The lowest BCUT2D eigenvalue weighted by atomic mass is 10.2. The van der Waals surface area contributed by atoms with Gasteiger partial charge in [-0.2, -0.15) is 0 Å². The lowest BCUT2D eigenvalue weighted by Gasteiger charge is -2.35. The van der Waals surface area contributed by atoms with Gasteiger partial charge in [-0.05, 0) is 38.1 Å². The van der Waals surface area contributed by atoms with Gasteiger partial charge in [-0.25, -0.2) is 15.0 Å². The SMILES string of the molecule is Cc1nc(-c2ccc(N3CCN(Cc4nc5ccccc5c(=O)[nH]4)CC3)nc2)[nH]c(=O)c1C. The number of hydrogen-bond acceptors (Lipinski definition) is 7. The van der Waals surface area contributed by atoms with Crippen LogP contribution in [0.25, 0.3) is 22.3 Å². The van der Waals surface area contributed by atoms with Crippen molar-refractivity contribution >= 4 is 16.7 Å². The molecule has 4 heterocycles. The topological polar surface area (TPSA) is 111 Å². The zero-order valence-electron chi connectivity index (χ0n) is 18.6. The molecule has 1 aromatic carbocycles. The molecular weight excluding hydrogens is 418 g/mol. The average Bonchev–Trinajstić information content (AvgIpc) is 2.83. The molecule has 1 aliphatic heterocycles. The number of H-pyrrole nitrogens is 2. The van der Waals surface area contributed by atoms with E-state index in [0.717, 1.165) is 48.8 Å². The number of aromatic nitrogens is 5. The van der Waals surface area contributed by atoms with Crippen LogP contribution < -0.4 is 16.0 Å². The van der Waals surface area contributed by atoms with Crippen molar-refractivity contribution in [1.29, 1.82) is 0 Å². The fourth-order valence-electron chi connectivity index (χ4n) is 4.05. The highest BCUT2D eigenvalue weighted by Crippen LogP contribution is 2.19. The Kier molecular flexibility index (Phi) is 5.47. The maximum atomic E-state index is 12.3. The molecule has 1 fully saturated rings. The number of aryl methyl sites for hydroxylation is 1. The van der Waals surface area contributed by atoms with Gasteiger partial charge in [0.2, 0.25) is 0 Å². The quantitative estimate of drug-likeness (QED) is 0.496. The van der Waals surface area contributed by atoms with Crippen molar-refractivity contribution in [3.8, 4) is 11.4 Å². The Bertz CT molecular complexity index is 1420. The van der Waals surface area contributed by atoms with Crippen LogP contribution in [0.15, 0.2) is 52.2 Å². The fraction of sp³-hybridized carbons (Fsp3) is 0.292. The second kappa shape index (κ2) is 8.59. The van der Waals surface area contributed by atoms with Gasteiger partial charge in [0.05, 0.1) is 17.4 Å². The van der Waals surface area contributed by atoms with E-state index in [0.29, 0.717) is 29.1 Å². The Morgan fingerprint density at radius 1 is 0.909 bits per heavy atom. The van der Waals surface area contributed by atoms with Gasteiger partial charge in [-0.15, -0.1) is 0 Å². The molecule has 168 valence electrons. The second-order valence-corrected chi connectivity index (χ2v) is 8.32. The highest BCUT2D eigenvalue weighted by molar-refractivity contribution is 5.77. The van der Waals surface area contributed by atoms with E-state index < -0.39 is 0 Å². The number of benzene rings is 1. The maximum Gasteiger partial charge on any atom is 0.258 e. The molecule has 0 spiro atoms. The zero-order chi connectivity index (χ0) is 22.9. The molecule has 0 atom stereocenters. The molecule has 0 radical (unpaired) electrons. The predicted molar refractivity (Wildman–Crippen MR) is 127 cm³/mol. The summed E-state index contributed by atoms with van der Waals surface area (Å²) < 4.78 is 0. The number of para-hydroxylation sites is 1. The second-order valence-electron chi connectivity index (χ2n) is 8.32. The molecule has 0 saturated carbocycles. The van der Waals surface area contributed by atoms with Gasteiger partial charge >= 0.3 is 0 Å². The van der Waals surface area contributed by atoms with E-state index in [2.05, 4.69) is 34.7 Å². The fourth-order valence-corrected chi connectivity index (χ4v) is 4.05. The molecule has 33 heavy (non-hydrogen) atoms. The summed E-state index contributed by atoms with van der Waals surface area (Å²) in [4.78, 5) is 48.3. The van der Waals surface area contributed by atoms with Gasteiger partial charge < -0.3 is 14.9 Å². The van der Waals surface area contributed by atoms with Crippen LogP contribution in [0.5, 0.6) is 0 Å². The summed E-state index contributed by atoms with van der Waals surface area (Å²) >= 11 is 0. The first-order chi connectivity index (χ1) is 16.0. The van der Waals surface area contributed by atoms with Gasteiger partial charge in [0, 0.05) is 49.2 Å².